The Kier molecular flexibility index (Phi) is 6.31. The largest absolute Gasteiger partial charge is 0.464 e. The molecule has 1 N–H and O–H groups in total. The summed E-state index contributed by atoms with van der Waals surface area (Å²) in [5.74, 6) is -0.488. The minimum atomic E-state index is -0.727. The summed E-state index contributed by atoms with van der Waals surface area (Å²) in [5.41, 5.74) is -0.587. The van der Waals surface area contributed by atoms with E-state index in [0.717, 1.165) is 0 Å². The Balaban J connectivity index is 3.99. The van der Waals surface area contributed by atoms with Crippen molar-refractivity contribution in [3.05, 3.63) is 12.7 Å². The number of hydrogen-bond acceptors (Lipinski definition) is 4. The van der Waals surface area contributed by atoms with Crippen molar-refractivity contribution in [2.45, 2.75) is 45.8 Å². The molecule has 17 heavy (non-hydrogen) atoms. The van der Waals surface area contributed by atoms with Crippen LogP contribution < -0.4 is 5.32 Å². The van der Waals surface area contributed by atoms with Gasteiger partial charge in [0.25, 0.3) is 0 Å². The van der Waals surface area contributed by atoms with Gasteiger partial charge in [-0.1, -0.05) is 6.08 Å². The minimum Gasteiger partial charge on any atom is -0.464 e. The van der Waals surface area contributed by atoms with Gasteiger partial charge < -0.3 is 14.8 Å². The maximum atomic E-state index is 11.4. The number of esters is 1. The van der Waals surface area contributed by atoms with Crippen molar-refractivity contribution in [1.29, 1.82) is 0 Å². The van der Waals surface area contributed by atoms with Gasteiger partial charge in [0, 0.05) is 0 Å². The predicted octanol–water partition coefficient (Wildman–Crippen LogP) is 2.02. The van der Waals surface area contributed by atoms with E-state index in [1.165, 1.54) is 0 Å². The van der Waals surface area contributed by atoms with E-state index in [2.05, 4.69) is 11.9 Å². The molecule has 0 rings (SSSR count). The van der Waals surface area contributed by atoms with Crippen LogP contribution in [0, 0.1) is 0 Å². The van der Waals surface area contributed by atoms with Gasteiger partial charge in [-0.2, -0.15) is 0 Å². The van der Waals surface area contributed by atoms with Crippen LogP contribution >= 0.6 is 0 Å². The molecule has 5 heteroatoms. The normalized spacial score (nSPS) is 12.5. The zero-order chi connectivity index (χ0) is 13.5. The van der Waals surface area contributed by atoms with Gasteiger partial charge in [-0.05, 0) is 34.1 Å². The summed E-state index contributed by atoms with van der Waals surface area (Å²) in [5, 5.41) is 2.40. The van der Waals surface area contributed by atoms with Crippen molar-refractivity contribution in [3.8, 4) is 0 Å². The van der Waals surface area contributed by atoms with Crippen molar-refractivity contribution in [1.82, 2.24) is 5.32 Å². The lowest BCUT2D eigenvalue weighted by Gasteiger charge is -2.21. The van der Waals surface area contributed by atoms with E-state index in [1.54, 1.807) is 33.8 Å². The molecule has 0 unspecified atom stereocenters. The standard InChI is InChI=1S/C12H21NO4/c1-6-7-8-16-10(14)9(2)13-11(15)17-12(3,4)5/h6,9H,1,7-8H2,2-5H3,(H,13,15)/t9-/m1/s1. The minimum absolute atomic E-state index is 0.267. The highest BCUT2D eigenvalue weighted by molar-refractivity contribution is 5.80. The van der Waals surface area contributed by atoms with Crippen LogP contribution in [0.1, 0.15) is 34.1 Å². The Morgan fingerprint density at radius 3 is 2.47 bits per heavy atom. The van der Waals surface area contributed by atoms with E-state index in [9.17, 15) is 9.59 Å². The zero-order valence-electron chi connectivity index (χ0n) is 10.9. The van der Waals surface area contributed by atoms with E-state index < -0.39 is 23.7 Å². The number of carbonyl (C=O) groups excluding carboxylic acids is 2. The van der Waals surface area contributed by atoms with Gasteiger partial charge in [0.05, 0.1) is 6.61 Å². The molecule has 0 bridgehead atoms. The van der Waals surface area contributed by atoms with Gasteiger partial charge in [0.2, 0.25) is 0 Å². The molecular weight excluding hydrogens is 222 g/mol. The molecule has 0 saturated carbocycles. The molecule has 1 atom stereocenters. The second-order valence-corrected chi connectivity index (χ2v) is 4.61. The summed E-state index contributed by atoms with van der Waals surface area (Å²) in [6, 6.07) is -0.727. The SMILES string of the molecule is C=CCCOC(=O)[C@@H](C)NC(=O)OC(C)(C)C. The molecule has 5 nitrogen and oxygen atoms in total. The maximum absolute atomic E-state index is 11.4. The van der Waals surface area contributed by atoms with Crippen LogP contribution in [0.2, 0.25) is 0 Å². The fraction of sp³-hybridized carbons (Fsp3) is 0.667. The van der Waals surface area contributed by atoms with E-state index >= 15 is 0 Å². The van der Waals surface area contributed by atoms with Gasteiger partial charge in [0.1, 0.15) is 11.6 Å². The lowest BCUT2D eigenvalue weighted by Crippen LogP contribution is -2.42. The maximum Gasteiger partial charge on any atom is 0.408 e. The summed E-state index contributed by atoms with van der Waals surface area (Å²) in [6.07, 6.45) is 1.61. The van der Waals surface area contributed by atoms with Gasteiger partial charge in [-0.15, -0.1) is 6.58 Å². The first-order valence-electron chi connectivity index (χ1n) is 5.53. The summed E-state index contributed by atoms with van der Waals surface area (Å²) in [6.45, 7) is 10.6. The summed E-state index contributed by atoms with van der Waals surface area (Å²) in [4.78, 5) is 22.7. The highest BCUT2D eigenvalue weighted by Gasteiger charge is 2.21. The number of nitrogens with one attached hydrogen (secondary N) is 1. The van der Waals surface area contributed by atoms with Gasteiger partial charge >= 0.3 is 12.1 Å². The molecule has 0 aromatic carbocycles. The molecule has 0 aromatic rings. The second-order valence-electron chi connectivity index (χ2n) is 4.61. The predicted molar refractivity (Wildman–Crippen MR) is 64.6 cm³/mol. The monoisotopic (exact) mass is 243 g/mol. The number of rotatable bonds is 5. The molecule has 0 saturated heterocycles. The molecule has 0 aromatic heterocycles. The van der Waals surface area contributed by atoms with Crippen molar-refractivity contribution in [2.24, 2.45) is 0 Å². The molecule has 0 heterocycles. The highest BCUT2D eigenvalue weighted by Crippen LogP contribution is 2.06. The average molecular weight is 243 g/mol. The Bertz CT molecular complexity index is 281. The molecule has 98 valence electrons. The van der Waals surface area contributed by atoms with Crippen molar-refractivity contribution >= 4 is 12.1 Å². The third-order valence-electron chi connectivity index (χ3n) is 1.65. The van der Waals surface area contributed by atoms with Crippen molar-refractivity contribution in [2.75, 3.05) is 6.61 Å². The third-order valence-corrected chi connectivity index (χ3v) is 1.65. The fourth-order valence-corrected chi connectivity index (χ4v) is 0.911. The van der Waals surface area contributed by atoms with E-state index in [1.807, 2.05) is 0 Å². The van der Waals surface area contributed by atoms with Gasteiger partial charge in [-0.3, -0.25) is 0 Å². The topological polar surface area (TPSA) is 64.6 Å². The van der Waals surface area contributed by atoms with Crippen molar-refractivity contribution in [3.63, 3.8) is 0 Å². The van der Waals surface area contributed by atoms with Crippen LogP contribution in [0.3, 0.4) is 0 Å². The first-order chi connectivity index (χ1) is 7.76. The molecule has 0 aliphatic rings. The molecule has 0 aliphatic carbocycles. The number of carbonyl (C=O) groups is 2. The average Bonchev–Trinajstić information content (AvgIpc) is 2.14. The summed E-state index contributed by atoms with van der Waals surface area (Å²) < 4.78 is 9.90. The lowest BCUT2D eigenvalue weighted by atomic mass is 10.2. The first kappa shape index (κ1) is 15.5. The van der Waals surface area contributed by atoms with E-state index in [4.69, 9.17) is 9.47 Å². The Morgan fingerprint density at radius 2 is 2.00 bits per heavy atom. The molecular formula is C12H21NO4. The number of hydrogen-bond donors (Lipinski definition) is 1. The highest BCUT2D eigenvalue weighted by atomic mass is 16.6. The van der Waals surface area contributed by atoms with Crippen LogP contribution in [-0.2, 0) is 14.3 Å². The van der Waals surface area contributed by atoms with Crippen LogP contribution in [0.25, 0.3) is 0 Å². The smallest absolute Gasteiger partial charge is 0.408 e. The molecule has 0 fully saturated rings. The quantitative estimate of drug-likeness (QED) is 0.456. The van der Waals surface area contributed by atoms with Gasteiger partial charge in [0.15, 0.2) is 0 Å². The van der Waals surface area contributed by atoms with Gasteiger partial charge in [-0.25, -0.2) is 9.59 Å². The number of ether oxygens (including phenoxy) is 2. The Morgan fingerprint density at radius 1 is 1.41 bits per heavy atom. The van der Waals surface area contributed by atoms with E-state index in [-0.39, 0.29) is 6.61 Å². The summed E-state index contributed by atoms with van der Waals surface area (Å²) >= 11 is 0. The van der Waals surface area contributed by atoms with Crippen molar-refractivity contribution < 1.29 is 19.1 Å². The second kappa shape index (κ2) is 6.93. The molecule has 0 aliphatic heterocycles. The van der Waals surface area contributed by atoms with Crippen LogP contribution in [0.4, 0.5) is 4.79 Å². The summed E-state index contributed by atoms with van der Waals surface area (Å²) in [7, 11) is 0. The van der Waals surface area contributed by atoms with Crippen LogP contribution in [-0.4, -0.2) is 30.3 Å². The molecule has 1 amide bonds. The third kappa shape index (κ3) is 8.30. The number of amides is 1. The Hall–Kier alpha value is -1.52. The zero-order valence-corrected chi connectivity index (χ0v) is 10.9. The molecule has 0 radical (unpaired) electrons. The fourth-order valence-electron chi connectivity index (χ4n) is 0.911. The number of alkyl carbamates (subject to hydrolysis) is 1. The molecule has 0 spiro atoms. The van der Waals surface area contributed by atoms with Crippen LogP contribution in [0.5, 0.6) is 0 Å². The van der Waals surface area contributed by atoms with Crippen LogP contribution in [0.15, 0.2) is 12.7 Å². The van der Waals surface area contributed by atoms with E-state index in [0.29, 0.717) is 6.42 Å². The lowest BCUT2D eigenvalue weighted by molar-refractivity contribution is -0.145. The first-order valence-corrected chi connectivity index (χ1v) is 5.53. The Labute approximate surface area is 102 Å².